The molecule has 0 saturated carbocycles. The molecule has 0 aromatic rings. The normalized spacial score (nSPS) is 11.1. The fourth-order valence-electron chi connectivity index (χ4n) is 0.742. The second-order valence-electron chi connectivity index (χ2n) is 2.84. The fraction of sp³-hybridized carbons (Fsp3) is 0.857. The van der Waals surface area contributed by atoms with Crippen LogP contribution in [0.2, 0.25) is 0 Å². The maximum Gasteiger partial charge on any atom is 0.208 e. The molecule has 0 radical (unpaired) electrons. The summed E-state index contributed by atoms with van der Waals surface area (Å²) in [6.45, 7) is 1.96. The summed E-state index contributed by atoms with van der Waals surface area (Å²) in [5.74, 6) is 0. The molecule has 0 aromatic carbocycles. The van der Waals surface area contributed by atoms with E-state index in [-0.39, 0.29) is 0 Å². The van der Waals surface area contributed by atoms with Crippen molar-refractivity contribution in [3.05, 3.63) is 0 Å². The lowest BCUT2D eigenvalue weighted by molar-refractivity contribution is 0.204. The summed E-state index contributed by atoms with van der Waals surface area (Å²) in [4.78, 5) is 0. The summed E-state index contributed by atoms with van der Waals surface area (Å²) in [6, 6.07) is 0. The third-order valence-corrected chi connectivity index (χ3v) is 2.38. The minimum absolute atomic E-state index is 0.310. The van der Waals surface area contributed by atoms with Crippen LogP contribution >= 0.6 is 12.2 Å². The number of rotatable bonds is 7. The molecule has 0 aliphatic rings. The van der Waals surface area contributed by atoms with Crippen LogP contribution in [0, 0.1) is 0 Å². The van der Waals surface area contributed by atoms with E-state index >= 15 is 0 Å². The minimum Gasteiger partial charge on any atom is -0.383 e. The molecule has 0 rings (SSSR count). The number of sulfonamides is 1. The Bertz CT molecular complexity index is 279. The maximum atomic E-state index is 10.7. The van der Waals surface area contributed by atoms with Crippen molar-refractivity contribution in [2.75, 3.05) is 39.6 Å². The first kappa shape index (κ1) is 14.6. The standard InChI is InChI=1S/C7H17N3O3S2/c1-13-6-5-9-7(14)8-3-4-10-15(2,11)12/h10H,3-6H2,1-2H3,(H2,8,9,14). The molecule has 0 aliphatic carbocycles. The Labute approximate surface area is 95.8 Å². The van der Waals surface area contributed by atoms with Gasteiger partial charge in [0.1, 0.15) is 0 Å². The van der Waals surface area contributed by atoms with Crippen LogP contribution in [-0.4, -0.2) is 53.1 Å². The minimum atomic E-state index is -3.12. The molecule has 0 bridgehead atoms. The van der Waals surface area contributed by atoms with Crippen LogP contribution in [0.15, 0.2) is 0 Å². The molecule has 0 atom stereocenters. The lowest BCUT2D eigenvalue weighted by Crippen LogP contribution is -2.40. The summed E-state index contributed by atoms with van der Waals surface area (Å²) in [6.07, 6.45) is 1.11. The number of hydrogen-bond donors (Lipinski definition) is 3. The quantitative estimate of drug-likeness (QED) is 0.385. The van der Waals surface area contributed by atoms with Crippen molar-refractivity contribution in [2.45, 2.75) is 0 Å². The van der Waals surface area contributed by atoms with Crippen LogP contribution in [0.25, 0.3) is 0 Å². The van der Waals surface area contributed by atoms with Gasteiger partial charge in [-0.15, -0.1) is 0 Å². The second kappa shape index (κ2) is 7.80. The monoisotopic (exact) mass is 255 g/mol. The van der Waals surface area contributed by atoms with Gasteiger partial charge in [-0.05, 0) is 12.2 Å². The van der Waals surface area contributed by atoms with Gasteiger partial charge in [0.25, 0.3) is 0 Å². The predicted molar refractivity (Wildman–Crippen MR) is 63.3 cm³/mol. The maximum absolute atomic E-state index is 10.7. The van der Waals surface area contributed by atoms with Gasteiger partial charge in [-0.25, -0.2) is 13.1 Å². The molecule has 15 heavy (non-hydrogen) atoms. The molecule has 0 aromatic heterocycles. The molecule has 0 fully saturated rings. The molecular weight excluding hydrogens is 238 g/mol. The van der Waals surface area contributed by atoms with Crippen molar-refractivity contribution in [2.24, 2.45) is 0 Å². The van der Waals surface area contributed by atoms with Crippen LogP contribution in [-0.2, 0) is 14.8 Å². The summed E-state index contributed by atoms with van der Waals surface area (Å²) < 4.78 is 28.5. The van der Waals surface area contributed by atoms with Gasteiger partial charge >= 0.3 is 0 Å². The Hall–Kier alpha value is -0.440. The highest BCUT2D eigenvalue weighted by Gasteiger charge is 1.99. The molecule has 0 unspecified atom stereocenters. The SMILES string of the molecule is COCCNC(=S)NCCNS(C)(=O)=O. The average molecular weight is 255 g/mol. The van der Waals surface area contributed by atoms with Crippen LogP contribution in [0.5, 0.6) is 0 Å². The zero-order valence-electron chi connectivity index (χ0n) is 8.87. The van der Waals surface area contributed by atoms with Crippen molar-refractivity contribution >= 4 is 27.4 Å². The molecule has 90 valence electrons. The van der Waals surface area contributed by atoms with E-state index in [0.717, 1.165) is 6.26 Å². The highest BCUT2D eigenvalue weighted by molar-refractivity contribution is 7.88. The molecule has 6 nitrogen and oxygen atoms in total. The van der Waals surface area contributed by atoms with E-state index in [9.17, 15) is 8.42 Å². The largest absolute Gasteiger partial charge is 0.383 e. The van der Waals surface area contributed by atoms with Gasteiger partial charge in [-0.2, -0.15) is 0 Å². The van der Waals surface area contributed by atoms with Gasteiger partial charge in [-0.3, -0.25) is 0 Å². The van der Waals surface area contributed by atoms with Gasteiger partial charge in [0.2, 0.25) is 10.0 Å². The summed E-state index contributed by atoms with van der Waals surface area (Å²) >= 11 is 4.92. The number of thiocarbonyl (C=S) groups is 1. The van der Waals surface area contributed by atoms with Crippen LogP contribution < -0.4 is 15.4 Å². The van der Waals surface area contributed by atoms with Crippen LogP contribution in [0.4, 0.5) is 0 Å². The first-order valence-corrected chi connectivity index (χ1v) is 6.71. The Kier molecular flexibility index (Phi) is 7.57. The molecule has 0 saturated heterocycles. The Morgan fingerprint density at radius 1 is 1.27 bits per heavy atom. The topological polar surface area (TPSA) is 79.5 Å². The van der Waals surface area contributed by atoms with E-state index in [4.69, 9.17) is 17.0 Å². The van der Waals surface area contributed by atoms with Crippen LogP contribution in [0.3, 0.4) is 0 Å². The van der Waals surface area contributed by atoms with E-state index in [1.165, 1.54) is 0 Å². The van der Waals surface area contributed by atoms with Gasteiger partial charge in [0.15, 0.2) is 5.11 Å². The lowest BCUT2D eigenvalue weighted by atomic mass is 10.6. The predicted octanol–water partition coefficient (Wildman–Crippen LogP) is -1.35. The van der Waals surface area contributed by atoms with Gasteiger partial charge in [0.05, 0.1) is 12.9 Å². The van der Waals surface area contributed by atoms with E-state index in [2.05, 4.69) is 15.4 Å². The van der Waals surface area contributed by atoms with Crippen LogP contribution in [0.1, 0.15) is 0 Å². The highest BCUT2D eigenvalue weighted by atomic mass is 32.2. The van der Waals surface area contributed by atoms with Crippen molar-refractivity contribution in [1.82, 2.24) is 15.4 Å². The second-order valence-corrected chi connectivity index (χ2v) is 5.08. The van der Waals surface area contributed by atoms with E-state index < -0.39 is 10.0 Å². The molecule has 0 spiro atoms. The van der Waals surface area contributed by atoms with E-state index in [0.29, 0.717) is 31.4 Å². The number of ether oxygens (including phenoxy) is 1. The molecule has 0 amide bonds. The third-order valence-electron chi connectivity index (χ3n) is 1.37. The summed E-state index contributed by atoms with van der Waals surface area (Å²) in [5.41, 5.74) is 0. The van der Waals surface area contributed by atoms with E-state index in [1.54, 1.807) is 7.11 Å². The number of methoxy groups -OCH3 is 1. The highest BCUT2D eigenvalue weighted by Crippen LogP contribution is 1.72. The summed E-state index contributed by atoms with van der Waals surface area (Å²) in [7, 11) is -1.51. The van der Waals surface area contributed by atoms with Crippen molar-refractivity contribution < 1.29 is 13.2 Å². The van der Waals surface area contributed by atoms with E-state index in [1.807, 2.05) is 0 Å². The lowest BCUT2D eigenvalue weighted by Gasteiger charge is -2.09. The van der Waals surface area contributed by atoms with Crippen molar-refractivity contribution in [3.8, 4) is 0 Å². The third kappa shape index (κ3) is 11.5. The first-order valence-electron chi connectivity index (χ1n) is 4.41. The van der Waals surface area contributed by atoms with Crippen molar-refractivity contribution in [3.63, 3.8) is 0 Å². The first-order chi connectivity index (χ1) is 6.95. The summed E-state index contributed by atoms with van der Waals surface area (Å²) in [5, 5.41) is 6.24. The zero-order valence-corrected chi connectivity index (χ0v) is 10.5. The molecule has 3 N–H and O–H groups in total. The Morgan fingerprint density at radius 3 is 2.40 bits per heavy atom. The van der Waals surface area contributed by atoms with Gasteiger partial charge < -0.3 is 15.4 Å². The number of nitrogens with one attached hydrogen (secondary N) is 3. The molecule has 0 heterocycles. The smallest absolute Gasteiger partial charge is 0.208 e. The Morgan fingerprint density at radius 2 is 1.87 bits per heavy atom. The average Bonchev–Trinajstić information content (AvgIpc) is 2.11. The molecular formula is C7H17N3O3S2. The van der Waals surface area contributed by atoms with Gasteiger partial charge in [0, 0.05) is 26.7 Å². The molecule has 0 aliphatic heterocycles. The van der Waals surface area contributed by atoms with Crippen molar-refractivity contribution in [1.29, 1.82) is 0 Å². The number of hydrogen-bond acceptors (Lipinski definition) is 4. The Balaban J connectivity index is 3.39. The zero-order chi connectivity index (χ0) is 11.7. The fourth-order valence-corrected chi connectivity index (χ4v) is 1.42. The molecule has 8 heteroatoms. The van der Waals surface area contributed by atoms with Gasteiger partial charge in [-0.1, -0.05) is 0 Å².